The predicted octanol–water partition coefficient (Wildman–Crippen LogP) is 3.64. The van der Waals surface area contributed by atoms with Crippen molar-refractivity contribution in [1.29, 1.82) is 0 Å². The Morgan fingerprint density at radius 2 is 1.81 bits per heavy atom. The van der Waals surface area contributed by atoms with Gasteiger partial charge in [0.1, 0.15) is 11.8 Å². The van der Waals surface area contributed by atoms with Crippen molar-refractivity contribution in [2.75, 3.05) is 7.05 Å². The van der Waals surface area contributed by atoms with Crippen LogP contribution in [-0.2, 0) is 16.1 Å². The Labute approximate surface area is 189 Å². The highest BCUT2D eigenvalue weighted by Gasteiger charge is 2.25. The Kier molecular flexibility index (Phi) is 8.09. The second kappa shape index (κ2) is 11.0. The van der Waals surface area contributed by atoms with Crippen LogP contribution in [0.3, 0.4) is 0 Å². The normalized spacial score (nSPS) is 15.2. The summed E-state index contributed by atoms with van der Waals surface area (Å²) in [5, 5.41) is 8.35. The molecule has 1 heterocycles. The minimum Gasteiger partial charge on any atom is -0.451 e. The van der Waals surface area contributed by atoms with Crippen LogP contribution < -0.4 is 16.0 Å². The van der Waals surface area contributed by atoms with E-state index >= 15 is 0 Å². The first-order valence-corrected chi connectivity index (χ1v) is 11.4. The van der Waals surface area contributed by atoms with E-state index in [9.17, 15) is 14.4 Å². The molecule has 3 amide bonds. The van der Waals surface area contributed by atoms with Gasteiger partial charge in [-0.15, -0.1) is 0 Å². The van der Waals surface area contributed by atoms with Crippen LogP contribution in [0, 0.1) is 11.8 Å². The second-order valence-electron chi connectivity index (χ2n) is 8.73. The van der Waals surface area contributed by atoms with Crippen molar-refractivity contribution >= 4 is 17.7 Å². The molecule has 0 radical (unpaired) electrons. The first-order chi connectivity index (χ1) is 15.4. The fraction of sp³-hybridized carbons (Fsp3) is 0.480. The van der Waals surface area contributed by atoms with Crippen LogP contribution >= 0.6 is 0 Å². The summed E-state index contributed by atoms with van der Waals surface area (Å²) in [5.41, 5.74) is 1.79. The molecule has 0 aliphatic heterocycles. The van der Waals surface area contributed by atoms with Gasteiger partial charge in [0.05, 0.1) is 0 Å². The molecule has 1 atom stereocenters. The van der Waals surface area contributed by atoms with Gasteiger partial charge in [0.25, 0.3) is 5.91 Å². The van der Waals surface area contributed by atoms with Crippen LogP contribution in [0.25, 0.3) is 11.3 Å². The topological polar surface area (TPSA) is 100 Å². The predicted molar refractivity (Wildman–Crippen MR) is 123 cm³/mol. The largest absolute Gasteiger partial charge is 0.451 e. The third kappa shape index (κ3) is 5.99. The number of carbonyl (C=O) groups is 3. The van der Waals surface area contributed by atoms with Crippen LogP contribution in [0.4, 0.5) is 0 Å². The molecule has 7 heteroatoms. The van der Waals surface area contributed by atoms with Gasteiger partial charge >= 0.3 is 0 Å². The average molecular weight is 440 g/mol. The van der Waals surface area contributed by atoms with E-state index in [1.165, 1.54) is 6.42 Å². The quantitative estimate of drug-likeness (QED) is 0.585. The highest BCUT2D eigenvalue weighted by molar-refractivity contribution is 5.96. The van der Waals surface area contributed by atoms with E-state index in [0.29, 0.717) is 12.3 Å². The van der Waals surface area contributed by atoms with Gasteiger partial charge in [0, 0.05) is 25.1 Å². The summed E-state index contributed by atoms with van der Waals surface area (Å²) in [6.07, 6.45) is 5.42. The molecule has 2 aromatic rings. The maximum Gasteiger partial charge on any atom is 0.287 e. The van der Waals surface area contributed by atoms with Gasteiger partial charge in [-0.3, -0.25) is 14.4 Å². The Hall–Kier alpha value is -3.09. The monoisotopic (exact) mass is 439 g/mol. The van der Waals surface area contributed by atoms with Crippen LogP contribution in [-0.4, -0.2) is 30.8 Å². The van der Waals surface area contributed by atoms with E-state index in [2.05, 4.69) is 16.0 Å². The molecule has 0 bridgehead atoms. The van der Waals surface area contributed by atoms with Gasteiger partial charge in [-0.05, 0) is 42.5 Å². The molecule has 7 nitrogen and oxygen atoms in total. The number of hydrogen-bond acceptors (Lipinski definition) is 4. The number of amides is 3. The second-order valence-corrected chi connectivity index (χ2v) is 8.73. The van der Waals surface area contributed by atoms with E-state index in [4.69, 9.17) is 4.42 Å². The summed E-state index contributed by atoms with van der Waals surface area (Å²) in [7, 11) is 1.54. The number of nitrogens with one attached hydrogen (secondary N) is 3. The first-order valence-electron chi connectivity index (χ1n) is 11.4. The number of furan rings is 1. The number of rotatable bonds is 8. The molecule has 1 aliphatic carbocycles. The lowest BCUT2D eigenvalue weighted by Gasteiger charge is -2.20. The molecule has 32 heavy (non-hydrogen) atoms. The fourth-order valence-corrected chi connectivity index (χ4v) is 4.05. The van der Waals surface area contributed by atoms with Crippen molar-refractivity contribution in [2.24, 2.45) is 11.8 Å². The lowest BCUT2D eigenvalue weighted by atomic mass is 9.88. The Bertz CT molecular complexity index is 944. The lowest BCUT2D eigenvalue weighted by molar-refractivity contribution is -0.126. The summed E-state index contributed by atoms with van der Waals surface area (Å²) in [5.74, 6) is 0.207. The average Bonchev–Trinajstić information content (AvgIpc) is 3.31. The number of hydrogen-bond donors (Lipinski definition) is 3. The Morgan fingerprint density at radius 3 is 2.50 bits per heavy atom. The molecule has 3 N–H and O–H groups in total. The molecule has 0 spiro atoms. The zero-order valence-corrected chi connectivity index (χ0v) is 19.1. The number of carbonyl (C=O) groups excluding carboxylic acids is 3. The van der Waals surface area contributed by atoms with Gasteiger partial charge in [-0.2, -0.15) is 0 Å². The zero-order chi connectivity index (χ0) is 23.1. The molecular weight excluding hydrogens is 406 g/mol. The van der Waals surface area contributed by atoms with Gasteiger partial charge in [0.2, 0.25) is 11.8 Å². The van der Waals surface area contributed by atoms with Crippen LogP contribution in [0.5, 0.6) is 0 Å². The number of likely N-dealkylation sites (N-methyl/N-ethyl adjacent to an activating group) is 1. The van der Waals surface area contributed by atoms with Crippen molar-refractivity contribution in [3.63, 3.8) is 0 Å². The van der Waals surface area contributed by atoms with Crippen molar-refractivity contribution in [3.05, 3.63) is 47.7 Å². The molecule has 0 unspecified atom stereocenters. The van der Waals surface area contributed by atoms with Crippen molar-refractivity contribution in [1.82, 2.24) is 16.0 Å². The molecule has 172 valence electrons. The highest BCUT2D eigenvalue weighted by Crippen LogP contribution is 2.25. The van der Waals surface area contributed by atoms with E-state index in [-0.39, 0.29) is 29.4 Å². The maximum absolute atomic E-state index is 12.6. The summed E-state index contributed by atoms with van der Waals surface area (Å²) in [4.78, 5) is 37.0. The third-order valence-electron chi connectivity index (χ3n) is 5.97. The Morgan fingerprint density at radius 1 is 1.06 bits per heavy atom. The van der Waals surface area contributed by atoms with Gasteiger partial charge in [0.15, 0.2) is 5.76 Å². The lowest BCUT2D eigenvalue weighted by Crippen LogP contribution is -2.48. The summed E-state index contributed by atoms with van der Waals surface area (Å²) in [6, 6.07) is 10.4. The molecule has 1 aliphatic rings. The summed E-state index contributed by atoms with van der Waals surface area (Å²) < 4.78 is 5.77. The van der Waals surface area contributed by atoms with Gasteiger partial charge in [-0.1, -0.05) is 51.3 Å². The van der Waals surface area contributed by atoms with Crippen LogP contribution in [0.1, 0.15) is 62.1 Å². The van der Waals surface area contributed by atoms with Crippen LogP contribution in [0.2, 0.25) is 0 Å². The highest BCUT2D eigenvalue weighted by atomic mass is 16.4. The fourth-order valence-electron chi connectivity index (χ4n) is 4.05. The molecule has 1 saturated carbocycles. The molecule has 0 saturated heterocycles. The van der Waals surface area contributed by atoms with E-state index < -0.39 is 11.9 Å². The molecule has 3 rings (SSSR count). The van der Waals surface area contributed by atoms with Crippen molar-refractivity contribution < 1.29 is 18.8 Å². The molecule has 1 aromatic carbocycles. The summed E-state index contributed by atoms with van der Waals surface area (Å²) in [6.45, 7) is 4.19. The molecular formula is C25H33N3O4. The molecule has 1 fully saturated rings. The maximum atomic E-state index is 12.6. The standard InChI is InChI=1S/C25H33N3O4/c1-16(2)22(25(31)26-3)28-24(30)21-13-12-20(32-21)19-11-7-8-17(14-19)15-27-23(29)18-9-5-4-6-10-18/h7-8,11-14,16,18,22H,4-6,9-10,15H2,1-3H3,(H,26,31)(H,27,29)(H,28,30)/t22-/m0/s1. The number of benzene rings is 1. The van der Waals surface area contributed by atoms with E-state index in [1.807, 2.05) is 38.1 Å². The van der Waals surface area contributed by atoms with Gasteiger partial charge in [-0.25, -0.2) is 0 Å². The van der Waals surface area contributed by atoms with Crippen LogP contribution in [0.15, 0.2) is 40.8 Å². The minimum atomic E-state index is -0.642. The molecule has 1 aromatic heterocycles. The third-order valence-corrected chi connectivity index (χ3v) is 5.97. The van der Waals surface area contributed by atoms with Crippen molar-refractivity contribution in [3.8, 4) is 11.3 Å². The Balaban J connectivity index is 1.63. The zero-order valence-electron chi connectivity index (χ0n) is 19.1. The minimum absolute atomic E-state index is 0.0613. The smallest absolute Gasteiger partial charge is 0.287 e. The SMILES string of the molecule is CNC(=O)[C@@H](NC(=O)c1ccc(-c2cccc(CNC(=O)C3CCCCC3)c2)o1)C(C)C. The van der Waals surface area contributed by atoms with E-state index in [1.54, 1.807) is 19.2 Å². The van der Waals surface area contributed by atoms with Gasteiger partial charge < -0.3 is 20.4 Å². The van der Waals surface area contributed by atoms with E-state index in [0.717, 1.165) is 36.8 Å². The summed E-state index contributed by atoms with van der Waals surface area (Å²) >= 11 is 0. The first kappa shape index (κ1) is 23.6. The van der Waals surface area contributed by atoms with Crippen molar-refractivity contribution in [2.45, 2.75) is 58.5 Å².